The Labute approximate surface area is 118 Å². The molecule has 0 spiro atoms. The van der Waals surface area contributed by atoms with Gasteiger partial charge < -0.3 is 5.32 Å². The van der Waals surface area contributed by atoms with E-state index < -0.39 is 11.6 Å². The molecule has 0 bridgehead atoms. The molecule has 90 valence electrons. The Morgan fingerprint density at radius 2 is 1.71 bits per heavy atom. The van der Waals surface area contributed by atoms with Gasteiger partial charge in [-0.15, -0.1) is 11.3 Å². The number of thiophene rings is 1. The molecule has 0 aliphatic carbocycles. The van der Waals surface area contributed by atoms with Crippen molar-refractivity contribution in [3.8, 4) is 0 Å². The van der Waals surface area contributed by atoms with Crippen molar-refractivity contribution in [3.05, 3.63) is 49.0 Å². The Hall–Kier alpha value is -0.460. The number of halogens is 4. The number of nitrogens with one attached hydrogen (secondary N) is 1. The third-order valence-corrected chi connectivity index (χ3v) is 4.22. The largest absolute Gasteiger partial charge is 0.375 e. The van der Waals surface area contributed by atoms with E-state index in [-0.39, 0.29) is 5.69 Å². The highest BCUT2D eigenvalue weighted by Gasteiger charge is 2.10. The zero-order valence-corrected chi connectivity index (χ0v) is 12.4. The molecule has 0 aliphatic heterocycles. The number of rotatable bonds is 3. The van der Waals surface area contributed by atoms with E-state index in [1.165, 1.54) is 23.5 Å². The summed E-state index contributed by atoms with van der Waals surface area (Å²) in [6.07, 6.45) is 0. The van der Waals surface area contributed by atoms with E-state index in [1.54, 1.807) is 0 Å². The van der Waals surface area contributed by atoms with Crippen molar-refractivity contribution < 1.29 is 8.78 Å². The third-order valence-electron chi connectivity index (χ3n) is 2.07. The van der Waals surface area contributed by atoms with Gasteiger partial charge in [0.1, 0.15) is 17.3 Å². The predicted molar refractivity (Wildman–Crippen MR) is 73.4 cm³/mol. The second-order valence-corrected chi connectivity index (χ2v) is 6.16. The van der Waals surface area contributed by atoms with Crippen molar-refractivity contribution in [2.75, 3.05) is 5.32 Å². The lowest BCUT2D eigenvalue weighted by atomic mass is 10.3. The van der Waals surface area contributed by atoms with Gasteiger partial charge in [0.15, 0.2) is 0 Å². The molecule has 1 aromatic carbocycles. The Morgan fingerprint density at radius 1 is 1.06 bits per heavy atom. The fourth-order valence-corrected chi connectivity index (χ4v) is 3.13. The van der Waals surface area contributed by atoms with Gasteiger partial charge in [-0.1, -0.05) is 15.9 Å². The summed E-state index contributed by atoms with van der Waals surface area (Å²) < 4.78 is 28.3. The molecule has 1 heterocycles. The van der Waals surface area contributed by atoms with E-state index in [9.17, 15) is 8.78 Å². The van der Waals surface area contributed by atoms with Gasteiger partial charge in [-0.25, -0.2) is 8.78 Å². The molecule has 0 saturated heterocycles. The quantitative estimate of drug-likeness (QED) is 0.772. The second-order valence-electron chi connectivity index (χ2n) is 3.33. The van der Waals surface area contributed by atoms with Crippen LogP contribution >= 0.6 is 43.2 Å². The fourth-order valence-electron chi connectivity index (χ4n) is 1.33. The SMILES string of the molecule is Fc1cc(Br)cc(F)c1NCc1cc(Br)cs1. The third kappa shape index (κ3) is 3.26. The molecule has 17 heavy (non-hydrogen) atoms. The number of anilines is 1. The normalized spacial score (nSPS) is 10.6. The molecule has 0 atom stereocenters. The first kappa shape index (κ1) is 13.0. The lowest BCUT2D eigenvalue weighted by molar-refractivity contribution is 0.586. The minimum atomic E-state index is -0.604. The maximum Gasteiger partial charge on any atom is 0.150 e. The van der Waals surface area contributed by atoms with Gasteiger partial charge in [-0.2, -0.15) is 0 Å². The average Bonchev–Trinajstić information content (AvgIpc) is 2.62. The van der Waals surface area contributed by atoms with E-state index in [0.717, 1.165) is 9.35 Å². The summed E-state index contributed by atoms with van der Waals surface area (Å²) in [5.41, 5.74) is -0.0993. The maximum absolute atomic E-state index is 13.5. The van der Waals surface area contributed by atoms with Gasteiger partial charge in [-0.3, -0.25) is 0 Å². The average molecular weight is 383 g/mol. The first-order valence-corrected chi connectivity index (χ1v) is 7.14. The molecule has 6 heteroatoms. The van der Waals surface area contributed by atoms with Gasteiger partial charge in [-0.05, 0) is 34.1 Å². The van der Waals surface area contributed by atoms with Crippen molar-refractivity contribution in [2.45, 2.75) is 6.54 Å². The van der Waals surface area contributed by atoms with Crippen LogP contribution in [-0.4, -0.2) is 0 Å². The van der Waals surface area contributed by atoms with E-state index >= 15 is 0 Å². The first-order chi connectivity index (χ1) is 8.06. The van der Waals surface area contributed by atoms with Gasteiger partial charge >= 0.3 is 0 Å². The van der Waals surface area contributed by atoms with Crippen molar-refractivity contribution in [1.82, 2.24) is 0 Å². The standard InChI is InChI=1S/C11H7Br2F2NS/c12-6-2-9(14)11(10(15)3-6)16-4-8-1-7(13)5-17-8/h1-3,5,16H,4H2. The molecule has 0 radical (unpaired) electrons. The highest BCUT2D eigenvalue weighted by Crippen LogP contribution is 2.26. The molecule has 0 aliphatic rings. The van der Waals surface area contributed by atoms with E-state index in [2.05, 4.69) is 37.2 Å². The van der Waals surface area contributed by atoms with Gasteiger partial charge in [0.2, 0.25) is 0 Å². The summed E-state index contributed by atoms with van der Waals surface area (Å²) in [6, 6.07) is 4.37. The summed E-state index contributed by atoms with van der Waals surface area (Å²) in [6.45, 7) is 0.395. The monoisotopic (exact) mass is 381 g/mol. The van der Waals surface area contributed by atoms with Crippen LogP contribution in [0.25, 0.3) is 0 Å². The molecule has 2 rings (SSSR count). The molecule has 2 aromatic rings. The summed E-state index contributed by atoms with van der Waals surface area (Å²) in [4.78, 5) is 0.999. The fraction of sp³-hybridized carbons (Fsp3) is 0.0909. The van der Waals surface area contributed by atoms with Crippen molar-refractivity contribution in [3.63, 3.8) is 0 Å². The Bertz CT molecular complexity index is 519. The number of benzene rings is 1. The molecule has 0 saturated carbocycles. The number of hydrogen-bond donors (Lipinski definition) is 1. The van der Waals surface area contributed by atoms with Crippen LogP contribution in [0.15, 0.2) is 32.5 Å². The van der Waals surface area contributed by atoms with Crippen LogP contribution in [0.3, 0.4) is 0 Å². The molecule has 1 aromatic heterocycles. The molecule has 0 amide bonds. The maximum atomic E-state index is 13.5. The van der Waals surface area contributed by atoms with Crippen molar-refractivity contribution in [1.29, 1.82) is 0 Å². The van der Waals surface area contributed by atoms with Crippen LogP contribution in [-0.2, 0) is 6.54 Å². The Morgan fingerprint density at radius 3 is 2.24 bits per heavy atom. The van der Waals surface area contributed by atoms with Gasteiger partial charge in [0.25, 0.3) is 0 Å². The predicted octanol–water partition coefficient (Wildman–Crippen LogP) is 5.16. The van der Waals surface area contributed by atoms with Crippen LogP contribution in [0.5, 0.6) is 0 Å². The smallest absolute Gasteiger partial charge is 0.150 e. The molecule has 1 N–H and O–H groups in total. The zero-order chi connectivity index (χ0) is 12.4. The highest BCUT2D eigenvalue weighted by molar-refractivity contribution is 9.10. The molecule has 1 nitrogen and oxygen atoms in total. The van der Waals surface area contributed by atoms with Crippen LogP contribution in [0.2, 0.25) is 0 Å². The van der Waals surface area contributed by atoms with Gasteiger partial charge in [0, 0.05) is 25.7 Å². The molecule has 0 fully saturated rings. The summed E-state index contributed by atoms with van der Waals surface area (Å²) in [5.74, 6) is -1.21. The first-order valence-electron chi connectivity index (χ1n) is 4.67. The summed E-state index contributed by atoms with van der Waals surface area (Å²) in [7, 11) is 0. The van der Waals surface area contributed by atoms with E-state index in [4.69, 9.17) is 0 Å². The van der Waals surface area contributed by atoms with E-state index in [1.807, 2.05) is 11.4 Å². The molecule has 0 unspecified atom stereocenters. The zero-order valence-electron chi connectivity index (χ0n) is 8.44. The topological polar surface area (TPSA) is 12.0 Å². The lowest BCUT2D eigenvalue weighted by Crippen LogP contribution is -2.02. The summed E-state index contributed by atoms with van der Waals surface area (Å²) in [5, 5.41) is 4.68. The molecular formula is C11H7Br2F2NS. The minimum absolute atomic E-state index is 0.0993. The summed E-state index contributed by atoms with van der Waals surface area (Å²) >= 11 is 7.88. The Balaban J connectivity index is 2.14. The van der Waals surface area contributed by atoms with Crippen molar-refractivity contribution in [2.24, 2.45) is 0 Å². The van der Waals surface area contributed by atoms with Crippen LogP contribution in [0, 0.1) is 11.6 Å². The number of hydrogen-bond acceptors (Lipinski definition) is 2. The van der Waals surface area contributed by atoms with E-state index in [0.29, 0.717) is 11.0 Å². The van der Waals surface area contributed by atoms with Gasteiger partial charge in [0.05, 0.1) is 0 Å². The van der Waals surface area contributed by atoms with Crippen LogP contribution < -0.4 is 5.32 Å². The van der Waals surface area contributed by atoms with Crippen LogP contribution in [0.4, 0.5) is 14.5 Å². The van der Waals surface area contributed by atoms with Crippen molar-refractivity contribution >= 4 is 48.9 Å². The molecular weight excluding hydrogens is 376 g/mol. The Kier molecular flexibility index (Phi) is 4.17. The van der Waals surface area contributed by atoms with Crippen LogP contribution in [0.1, 0.15) is 4.88 Å². The minimum Gasteiger partial charge on any atom is -0.375 e. The second kappa shape index (κ2) is 5.46. The highest BCUT2D eigenvalue weighted by atomic mass is 79.9. The lowest BCUT2D eigenvalue weighted by Gasteiger charge is -2.08.